The first-order valence-corrected chi connectivity index (χ1v) is 8.64. The van der Waals surface area contributed by atoms with Crippen LogP contribution in [0.5, 0.6) is 0 Å². The van der Waals surface area contributed by atoms with E-state index in [0.29, 0.717) is 30.8 Å². The Labute approximate surface area is 153 Å². The standard InChI is InChI=1S/C19H26N2O5/c1-13(22)14-6-5-7-15(10-14)17(23)21-8-9-25-16(12-21)11-20-18(24)26-19(2,3)4/h5-7,10,16H,8-9,11-12H2,1-4H3,(H,20,24)/t16-/m1/s1. The minimum atomic E-state index is -0.568. The second kappa shape index (κ2) is 8.31. The van der Waals surface area contributed by atoms with Crippen LogP contribution in [0.25, 0.3) is 0 Å². The summed E-state index contributed by atoms with van der Waals surface area (Å²) < 4.78 is 10.8. The Kier molecular flexibility index (Phi) is 6.37. The van der Waals surface area contributed by atoms with Gasteiger partial charge in [-0.25, -0.2) is 4.79 Å². The third-order valence-electron chi connectivity index (χ3n) is 3.81. The van der Waals surface area contributed by atoms with Gasteiger partial charge in [-0.05, 0) is 39.8 Å². The summed E-state index contributed by atoms with van der Waals surface area (Å²) in [6.45, 7) is 8.31. The fourth-order valence-electron chi connectivity index (χ4n) is 2.59. The minimum absolute atomic E-state index is 0.0823. The van der Waals surface area contributed by atoms with Gasteiger partial charge in [-0.1, -0.05) is 12.1 Å². The third-order valence-corrected chi connectivity index (χ3v) is 3.81. The van der Waals surface area contributed by atoms with Gasteiger partial charge < -0.3 is 19.7 Å². The van der Waals surface area contributed by atoms with Gasteiger partial charge in [0.15, 0.2) is 5.78 Å². The lowest BCUT2D eigenvalue weighted by atomic mass is 10.1. The largest absolute Gasteiger partial charge is 0.444 e. The van der Waals surface area contributed by atoms with Crippen molar-refractivity contribution < 1.29 is 23.9 Å². The number of nitrogens with zero attached hydrogens (tertiary/aromatic N) is 1. The Balaban J connectivity index is 1.93. The lowest BCUT2D eigenvalue weighted by molar-refractivity contribution is -0.0218. The molecule has 26 heavy (non-hydrogen) atoms. The molecule has 1 aromatic carbocycles. The zero-order chi connectivity index (χ0) is 19.3. The van der Waals surface area contributed by atoms with Gasteiger partial charge in [0.05, 0.1) is 12.7 Å². The van der Waals surface area contributed by atoms with Crippen molar-refractivity contribution in [1.29, 1.82) is 0 Å². The summed E-state index contributed by atoms with van der Waals surface area (Å²) in [5, 5.41) is 2.66. The molecule has 0 aromatic heterocycles. The summed E-state index contributed by atoms with van der Waals surface area (Å²) in [6, 6.07) is 6.68. The number of carbonyl (C=O) groups is 3. The summed E-state index contributed by atoms with van der Waals surface area (Å²) in [5.74, 6) is -0.236. The molecule has 2 amide bonds. The van der Waals surface area contributed by atoms with E-state index in [9.17, 15) is 14.4 Å². The third kappa shape index (κ3) is 5.84. The molecule has 0 unspecified atom stereocenters. The number of carbonyl (C=O) groups excluding carboxylic acids is 3. The number of Topliss-reactive ketones (excluding diaryl/α,β-unsaturated/α-hetero) is 1. The first-order valence-electron chi connectivity index (χ1n) is 8.64. The van der Waals surface area contributed by atoms with Crippen LogP contribution in [0.3, 0.4) is 0 Å². The van der Waals surface area contributed by atoms with E-state index >= 15 is 0 Å². The number of hydrogen-bond donors (Lipinski definition) is 1. The first kappa shape index (κ1) is 19.9. The van der Waals surface area contributed by atoms with E-state index in [1.54, 1.807) is 49.9 Å². The SMILES string of the molecule is CC(=O)c1cccc(C(=O)N2CCO[C@H](CNC(=O)OC(C)(C)C)C2)c1. The number of ketones is 1. The molecule has 1 saturated heterocycles. The maximum absolute atomic E-state index is 12.7. The lowest BCUT2D eigenvalue weighted by Gasteiger charge is -2.33. The van der Waals surface area contributed by atoms with Gasteiger partial charge in [-0.3, -0.25) is 9.59 Å². The van der Waals surface area contributed by atoms with Crippen molar-refractivity contribution in [2.75, 3.05) is 26.2 Å². The zero-order valence-electron chi connectivity index (χ0n) is 15.7. The number of ether oxygens (including phenoxy) is 2. The van der Waals surface area contributed by atoms with E-state index in [2.05, 4.69) is 5.32 Å². The van der Waals surface area contributed by atoms with Gasteiger partial charge in [-0.2, -0.15) is 0 Å². The molecule has 1 aliphatic rings. The summed E-state index contributed by atoms with van der Waals surface area (Å²) in [5.41, 5.74) is 0.409. The van der Waals surface area contributed by atoms with Gasteiger partial charge in [0.25, 0.3) is 5.91 Å². The van der Waals surface area contributed by atoms with E-state index in [1.165, 1.54) is 6.92 Å². The second-order valence-corrected chi connectivity index (χ2v) is 7.26. The number of morpholine rings is 1. The molecule has 0 saturated carbocycles. The molecule has 1 N–H and O–H groups in total. The molecular weight excluding hydrogens is 336 g/mol. The van der Waals surface area contributed by atoms with Gasteiger partial charge in [0.2, 0.25) is 0 Å². The molecule has 1 aromatic rings. The predicted molar refractivity (Wildman–Crippen MR) is 96.3 cm³/mol. The molecule has 2 rings (SSSR count). The Bertz CT molecular complexity index is 681. The average molecular weight is 362 g/mol. The van der Waals surface area contributed by atoms with Crippen molar-refractivity contribution in [3.8, 4) is 0 Å². The quantitative estimate of drug-likeness (QED) is 0.831. The number of hydrogen-bond acceptors (Lipinski definition) is 5. The highest BCUT2D eigenvalue weighted by Gasteiger charge is 2.26. The maximum Gasteiger partial charge on any atom is 0.407 e. The number of alkyl carbamates (subject to hydrolysis) is 1. The summed E-state index contributed by atoms with van der Waals surface area (Å²) >= 11 is 0. The number of amides is 2. The average Bonchev–Trinajstić information content (AvgIpc) is 2.58. The van der Waals surface area contributed by atoms with Crippen LogP contribution in [0.1, 0.15) is 48.4 Å². The van der Waals surface area contributed by atoms with Crippen LogP contribution >= 0.6 is 0 Å². The normalized spacial score (nSPS) is 17.5. The van der Waals surface area contributed by atoms with E-state index < -0.39 is 11.7 Å². The monoisotopic (exact) mass is 362 g/mol. The summed E-state index contributed by atoms with van der Waals surface area (Å²) in [7, 11) is 0. The fourth-order valence-corrected chi connectivity index (χ4v) is 2.59. The van der Waals surface area contributed by atoms with Gasteiger partial charge in [0, 0.05) is 30.8 Å². The number of rotatable bonds is 4. The highest BCUT2D eigenvalue weighted by Crippen LogP contribution is 2.13. The second-order valence-electron chi connectivity index (χ2n) is 7.26. The molecular formula is C19H26N2O5. The van der Waals surface area contributed by atoms with Crippen LogP contribution in [0.15, 0.2) is 24.3 Å². The summed E-state index contributed by atoms with van der Waals surface area (Å²) in [4.78, 5) is 37.6. The lowest BCUT2D eigenvalue weighted by Crippen LogP contribution is -2.50. The van der Waals surface area contributed by atoms with Crippen molar-refractivity contribution >= 4 is 17.8 Å². The Hall–Kier alpha value is -2.41. The van der Waals surface area contributed by atoms with E-state index in [4.69, 9.17) is 9.47 Å². The molecule has 0 spiro atoms. The number of nitrogens with one attached hydrogen (secondary N) is 1. The smallest absolute Gasteiger partial charge is 0.407 e. The predicted octanol–water partition coefficient (Wildman–Crippen LogP) is 2.25. The van der Waals surface area contributed by atoms with E-state index in [1.807, 2.05) is 0 Å². The van der Waals surface area contributed by atoms with Gasteiger partial charge >= 0.3 is 6.09 Å². The molecule has 1 fully saturated rings. The molecule has 1 aliphatic heterocycles. The van der Waals surface area contributed by atoms with Crippen LogP contribution < -0.4 is 5.32 Å². The van der Waals surface area contributed by atoms with Gasteiger partial charge in [0.1, 0.15) is 5.60 Å². The van der Waals surface area contributed by atoms with Crippen molar-refractivity contribution in [3.05, 3.63) is 35.4 Å². The molecule has 1 atom stereocenters. The zero-order valence-corrected chi connectivity index (χ0v) is 15.7. The van der Waals surface area contributed by atoms with Crippen LogP contribution in [-0.2, 0) is 9.47 Å². The molecule has 1 heterocycles. The van der Waals surface area contributed by atoms with Gasteiger partial charge in [-0.15, -0.1) is 0 Å². The molecule has 7 heteroatoms. The van der Waals surface area contributed by atoms with Crippen molar-refractivity contribution in [2.24, 2.45) is 0 Å². The number of benzene rings is 1. The molecule has 0 aliphatic carbocycles. The van der Waals surface area contributed by atoms with Crippen LogP contribution in [-0.4, -0.2) is 60.6 Å². The van der Waals surface area contributed by atoms with Crippen molar-refractivity contribution in [2.45, 2.75) is 39.4 Å². The topological polar surface area (TPSA) is 84.9 Å². The highest BCUT2D eigenvalue weighted by atomic mass is 16.6. The Morgan fingerprint density at radius 3 is 2.62 bits per heavy atom. The Morgan fingerprint density at radius 2 is 1.96 bits per heavy atom. The Morgan fingerprint density at radius 1 is 1.27 bits per heavy atom. The van der Waals surface area contributed by atoms with E-state index in [-0.39, 0.29) is 24.3 Å². The first-order chi connectivity index (χ1) is 12.2. The molecule has 0 bridgehead atoms. The highest BCUT2D eigenvalue weighted by molar-refractivity contribution is 5.99. The maximum atomic E-state index is 12.7. The molecule has 142 valence electrons. The van der Waals surface area contributed by atoms with Crippen LogP contribution in [0, 0.1) is 0 Å². The summed E-state index contributed by atoms with van der Waals surface area (Å²) in [6.07, 6.45) is -0.824. The van der Waals surface area contributed by atoms with E-state index in [0.717, 1.165) is 0 Å². The van der Waals surface area contributed by atoms with Crippen LogP contribution in [0.4, 0.5) is 4.79 Å². The van der Waals surface area contributed by atoms with Crippen LogP contribution in [0.2, 0.25) is 0 Å². The molecule has 0 radical (unpaired) electrons. The van der Waals surface area contributed by atoms with Crippen molar-refractivity contribution in [1.82, 2.24) is 10.2 Å². The minimum Gasteiger partial charge on any atom is -0.444 e. The van der Waals surface area contributed by atoms with Crippen molar-refractivity contribution in [3.63, 3.8) is 0 Å². The molecule has 7 nitrogen and oxygen atoms in total. The fraction of sp³-hybridized carbons (Fsp3) is 0.526.